The molecular weight excluding hydrogens is 157 g/mol. The predicted octanol–water partition coefficient (Wildman–Crippen LogP) is 1.71. The van der Waals surface area contributed by atoms with Crippen LogP contribution in [0.15, 0.2) is 24.2 Å². The van der Waals surface area contributed by atoms with Crippen molar-refractivity contribution in [2.24, 2.45) is 0 Å². The largest absolute Gasteiger partial charge is 0.378 e. The molecule has 3 heteroatoms. The Morgan fingerprint density at radius 1 is 1.50 bits per heavy atom. The first-order chi connectivity index (χ1) is 5.75. The molecule has 68 valence electrons. The van der Waals surface area contributed by atoms with Gasteiger partial charge in [0.2, 0.25) is 0 Å². The monoisotopic (exact) mass is 171 g/mol. The first kappa shape index (κ1) is 9.26. The molecule has 0 saturated carbocycles. The van der Waals surface area contributed by atoms with Crippen LogP contribution in [0.1, 0.15) is 6.92 Å². The molecule has 12 heavy (non-hydrogen) atoms. The molecule has 0 amide bonds. The van der Waals surface area contributed by atoms with Crippen molar-refractivity contribution in [3.8, 4) is 0 Å². The fourth-order valence-corrected chi connectivity index (χ4v) is 1.29. The zero-order valence-corrected chi connectivity index (χ0v) is 7.35. The summed E-state index contributed by atoms with van der Waals surface area (Å²) in [7, 11) is 0. The van der Waals surface area contributed by atoms with E-state index in [1.54, 1.807) is 6.08 Å². The highest BCUT2D eigenvalue weighted by Gasteiger charge is 2.13. The van der Waals surface area contributed by atoms with Gasteiger partial charge in [0.1, 0.15) is 5.83 Å². The van der Waals surface area contributed by atoms with Gasteiger partial charge in [-0.25, -0.2) is 4.39 Å². The molecule has 0 aromatic carbocycles. The average molecular weight is 171 g/mol. The molecule has 0 bridgehead atoms. The lowest BCUT2D eigenvalue weighted by molar-refractivity contribution is 0.0542. The third-order valence-corrected chi connectivity index (χ3v) is 1.90. The van der Waals surface area contributed by atoms with Gasteiger partial charge in [0, 0.05) is 13.1 Å². The van der Waals surface area contributed by atoms with E-state index in [0.29, 0.717) is 18.9 Å². The lowest BCUT2D eigenvalue weighted by Crippen LogP contribution is -2.35. The molecule has 1 aliphatic heterocycles. The Morgan fingerprint density at radius 3 is 2.50 bits per heavy atom. The molecule has 0 aromatic heterocycles. The quantitative estimate of drug-likeness (QED) is 0.586. The molecule has 0 N–H and O–H groups in total. The van der Waals surface area contributed by atoms with E-state index in [2.05, 4.69) is 6.58 Å². The van der Waals surface area contributed by atoms with Crippen molar-refractivity contribution in [1.82, 2.24) is 4.90 Å². The third-order valence-electron chi connectivity index (χ3n) is 1.90. The van der Waals surface area contributed by atoms with Crippen LogP contribution in [0.25, 0.3) is 0 Å². The Kier molecular flexibility index (Phi) is 3.29. The predicted molar refractivity (Wildman–Crippen MR) is 46.4 cm³/mol. The van der Waals surface area contributed by atoms with Crippen molar-refractivity contribution in [1.29, 1.82) is 0 Å². The Labute approximate surface area is 72.3 Å². The number of rotatable bonds is 2. The first-order valence-electron chi connectivity index (χ1n) is 4.07. The molecule has 0 atom stereocenters. The van der Waals surface area contributed by atoms with E-state index in [1.165, 1.54) is 6.92 Å². The minimum absolute atomic E-state index is 0.174. The molecule has 0 spiro atoms. The van der Waals surface area contributed by atoms with Crippen molar-refractivity contribution in [3.05, 3.63) is 24.2 Å². The van der Waals surface area contributed by atoms with Crippen LogP contribution in [-0.4, -0.2) is 31.2 Å². The van der Waals surface area contributed by atoms with Crippen LogP contribution in [0, 0.1) is 0 Å². The van der Waals surface area contributed by atoms with Crippen molar-refractivity contribution >= 4 is 0 Å². The summed E-state index contributed by atoms with van der Waals surface area (Å²) in [4.78, 5) is 1.95. The number of ether oxygens (including phenoxy) is 1. The average Bonchev–Trinajstić information content (AvgIpc) is 2.07. The lowest BCUT2D eigenvalue weighted by Gasteiger charge is -2.29. The van der Waals surface area contributed by atoms with E-state index in [0.717, 1.165) is 13.1 Å². The van der Waals surface area contributed by atoms with Crippen molar-refractivity contribution in [2.45, 2.75) is 6.92 Å². The topological polar surface area (TPSA) is 12.5 Å². The molecule has 1 rings (SSSR count). The van der Waals surface area contributed by atoms with E-state index in [4.69, 9.17) is 4.74 Å². The number of morpholine rings is 1. The number of halogens is 1. The van der Waals surface area contributed by atoms with Crippen LogP contribution in [-0.2, 0) is 4.74 Å². The van der Waals surface area contributed by atoms with Crippen molar-refractivity contribution < 1.29 is 9.13 Å². The van der Waals surface area contributed by atoms with Crippen LogP contribution >= 0.6 is 0 Å². The highest BCUT2D eigenvalue weighted by Crippen LogP contribution is 2.13. The van der Waals surface area contributed by atoms with E-state index in [-0.39, 0.29) is 5.83 Å². The fraction of sp³-hybridized carbons (Fsp3) is 0.556. The molecule has 2 nitrogen and oxygen atoms in total. The summed E-state index contributed by atoms with van der Waals surface area (Å²) >= 11 is 0. The summed E-state index contributed by atoms with van der Waals surface area (Å²) in [6.45, 7) is 7.88. The Balaban J connectivity index is 2.65. The van der Waals surface area contributed by atoms with Crippen molar-refractivity contribution in [3.63, 3.8) is 0 Å². The second kappa shape index (κ2) is 4.26. The zero-order chi connectivity index (χ0) is 8.97. The van der Waals surface area contributed by atoms with Gasteiger partial charge in [0.05, 0.1) is 18.9 Å². The zero-order valence-electron chi connectivity index (χ0n) is 7.35. The normalized spacial score (nSPS) is 20.3. The maximum absolute atomic E-state index is 12.9. The summed E-state index contributed by atoms with van der Waals surface area (Å²) in [6, 6.07) is 0. The van der Waals surface area contributed by atoms with Crippen LogP contribution in [0.4, 0.5) is 4.39 Å². The highest BCUT2D eigenvalue weighted by atomic mass is 19.1. The molecule has 0 radical (unpaired) electrons. The van der Waals surface area contributed by atoms with Gasteiger partial charge >= 0.3 is 0 Å². The summed E-state index contributed by atoms with van der Waals surface area (Å²) in [5.74, 6) is -0.174. The van der Waals surface area contributed by atoms with Gasteiger partial charge < -0.3 is 9.64 Å². The molecule has 0 aromatic rings. The van der Waals surface area contributed by atoms with E-state index in [9.17, 15) is 4.39 Å². The Bertz CT molecular complexity index is 191. The molecule has 1 saturated heterocycles. The van der Waals surface area contributed by atoms with Gasteiger partial charge in [-0.1, -0.05) is 6.58 Å². The van der Waals surface area contributed by atoms with Gasteiger partial charge in [-0.3, -0.25) is 0 Å². The molecule has 0 unspecified atom stereocenters. The van der Waals surface area contributed by atoms with Gasteiger partial charge in [-0.05, 0) is 13.0 Å². The van der Waals surface area contributed by atoms with Crippen LogP contribution in [0.5, 0.6) is 0 Å². The SMILES string of the molecule is C=CC(=C(C)F)N1CCOCC1. The summed E-state index contributed by atoms with van der Waals surface area (Å²) < 4.78 is 18.0. The molecule has 0 aliphatic carbocycles. The van der Waals surface area contributed by atoms with Crippen molar-refractivity contribution in [2.75, 3.05) is 26.3 Å². The Morgan fingerprint density at radius 2 is 2.08 bits per heavy atom. The van der Waals surface area contributed by atoms with Crippen LogP contribution < -0.4 is 0 Å². The lowest BCUT2D eigenvalue weighted by atomic mass is 10.3. The maximum atomic E-state index is 12.9. The van der Waals surface area contributed by atoms with Crippen LogP contribution in [0.3, 0.4) is 0 Å². The first-order valence-corrected chi connectivity index (χ1v) is 4.07. The summed E-state index contributed by atoms with van der Waals surface area (Å²) in [5.41, 5.74) is 0.596. The van der Waals surface area contributed by atoms with Gasteiger partial charge in [-0.15, -0.1) is 0 Å². The molecule has 1 fully saturated rings. The second-order valence-corrected chi connectivity index (χ2v) is 2.72. The number of nitrogens with zero attached hydrogens (tertiary/aromatic N) is 1. The minimum atomic E-state index is -0.174. The van der Waals surface area contributed by atoms with E-state index >= 15 is 0 Å². The van der Waals surface area contributed by atoms with Gasteiger partial charge in [-0.2, -0.15) is 0 Å². The number of allylic oxidation sites excluding steroid dienone is 2. The van der Waals surface area contributed by atoms with Gasteiger partial charge in [0.15, 0.2) is 0 Å². The molecular formula is C9H14FNO. The summed E-state index contributed by atoms with van der Waals surface area (Å²) in [6.07, 6.45) is 1.56. The molecule has 1 heterocycles. The summed E-state index contributed by atoms with van der Waals surface area (Å²) in [5, 5.41) is 0. The number of hydrogen-bond acceptors (Lipinski definition) is 2. The third kappa shape index (κ3) is 2.08. The second-order valence-electron chi connectivity index (χ2n) is 2.72. The fourth-order valence-electron chi connectivity index (χ4n) is 1.29. The maximum Gasteiger partial charge on any atom is 0.120 e. The number of hydrogen-bond donors (Lipinski definition) is 0. The van der Waals surface area contributed by atoms with E-state index in [1.807, 2.05) is 4.90 Å². The van der Waals surface area contributed by atoms with Crippen LogP contribution in [0.2, 0.25) is 0 Å². The van der Waals surface area contributed by atoms with E-state index < -0.39 is 0 Å². The molecule has 1 aliphatic rings. The highest BCUT2D eigenvalue weighted by molar-refractivity contribution is 5.18. The smallest absolute Gasteiger partial charge is 0.120 e. The Hall–Kier alpha value is -0.830. The van der Waals surface area contributed by atoms with Gasteiger partial charge in [0.25, 0.3) is 0 Å². The minimum Gasteiger partial charge on any atom is -0.378 e. The standard InChI is InChI=1S/C9H14FNO/c1-3-9(8(2)10)11-4-6-12-7-5-11/h3H,1,4-7H2,2H3.